The summed E-state index contributed by atoms with van der Waals surface area (Å²) in [7, 11) is 0. The smallest absolute Gasteiger partial charge is 0.251 e. The number of benzene rings is 1. The Balaban J connectivity index is 1.49. The second-order valence-electron chi connectivity index (χ2n) is 6.22. The summed E-state index contributed by atoms with van der Waals surface area (Å²) >= 11 is 6.71. The Hall–Kier alpha value is -2.55. The number of thiophene rings is 1. The molecule has 1 atom stereocenters. The number of carbonyl (C=O) groups excluding carboxylic acids is 2. The van der Waals surface area contributed by atoms with Gasteiger partial charge in [0.2, 0.25) is 5.91 Å². The lowest BCUT2D eigenvalue weighted by atomic mass is 10.1. The highest BCUT2D eigenvalue weighted by Gasteiger charge is 2.16. The van der Waals surface area contributed by atoms with Crippen LogP contribution in [0.3, 0.4) is 0 Å². The summed E-state index contributed by atoms with van der Waals surface area (Å²) in [5.41, 5.74) is 1.13. The number of rotatable bonds is 6. The summed E-state index contributed by atoms with van der Waals surface area (Å²) < 4.78 is 5.51. The fourth-order valence-corrected chi connectivity index (χ4v) is 3.55. The summed E-state index contributed by atoms with van der Waals surface area (Å²) in [5.74, 6) is -0.496. The molecule has 3 rings (SSSR count). The highest BCUT2D eigenvalue weighted by Crippen LogP contribution is 2.13. The molecule has 2 amide bonds. The Morgan fingerprint density at radius 1 is 1.29 bits per heavy atom. The van der Waals surface area contributed by atoms with Gasteiger partial charge in [0.05, 0.1) is 6.10 Å². The topological polar surface area (TPSA) is 79.5 Å². The SMILES string of the molecule is O=C(/C=C/c1cccs1)NC(=S)Nc1cccc(C(=O)NCC2CCCO2)c1. The molecule has 6 nitrogen and oxygen atoms in total. The summed E-state index contributed by atoms with van der Waals surface area (Å²) in [6.45, 7) is 1.26. The minimum atomic E-state index is -0.323. The first-order valence-corrected chi connectivity index (χ1v) is 10.2. The molecule has 1 saturated heterocycles. The number of carbonyl (C=O) groups is 2. The summed E-state index contributed by atoms with van der Waals surface area (Å²) in [5, 5.41) is 10.5. The number of hydrogen-bond donors (Lipinski definition) is 3. The van der Waals surface area contributed by atoms with E-state index in [1.165, 1.54) is 6.08 Å². The summed E-state index contributed by atoms with van der Waals surface area (Å²) in [4.78, 5) is 25.2. The molecule has 1 aliphatic rings. The number of ether oxygens (including phenoxy) is 1. The minimum Gasteiger partial charge on any atom is -0.376 e. The van der Waals surface area contributed by atoms with Crippen LogP contribution >= 0.6 is 23.6 Å². The maximum absolute atomic E-state index is 12.3. The van der Waals surface area contributed by atoms with E-state index in [4.69, 9.17) is 17.0 Å². The maximum atomic E-state index is 12.3. The first kappa shape index (κ1) is 20.2. The van der Waals surface area contributed by atoms with Crippen molar-refractivity contribution in [1.82, 2.24) is 10.6 Å². The van der Waals surface area contributed by atoms with Crippen LogP contribution in [0.15, 0.2) is 47.9 Å². The molecule has 1 unspecified atom stereocenters. The zero-order valence-corrected chi connectivity index (χ0v) is 16.8. The van der Waals surface area contributed by atoms with Crippen LogP contribution in [0.4, 0.5) is 5.69 Å². The van der Waals surface area contributed by atoms with E-state index in [0.717, 1.165) is 24.3 Å². The molecule has 0 bridgehead atoms. The highest BCUT2D eigenvalue weighted by atomic mass is 32.1. The van der Waals surface area contributed by atoms with Crippen molar-refractivity contribution in [2.24, 2.45) is 0 Å². The van der Waals surface area contributed by atoms with Crippen LogP contribution in [-0.2, 0) is 9.53 Å². The maximum Gasteiger partial charge on any atom is 0.251 e. The van der Waals surface area contributed by atoms with Gasteiger partial charge in [0, 0.05) is 35.4 Å². The van der Waals surface area contributed by atoms with Crippen molar-refractivity contribution < 1.29 is 14.3 Å². The zero-order valence-electron chi connectivity index (χ0n) is 15.1. The zero-order chi connectivity index (χ0) is 19.8. The molecule has 0 aliphatic carbocycles. The van der Waals surface area contributed by atoms with E-state index in [2.05, 4.69) is 16.0 Å². The normalized spacial score (nSPS) is 16.1. The van der Waals surface area contributed by atoms with Crippen molar-refractivity contribution in [3.05, 3.63) is 58.3 Å². The van der Waals surface area contributed by atoms with Gasteiger partial charge in [-0.25, -0.2) is 0 Å². The predicted octanol–water partition coefficient (Wildman–Crippen LogP) is 3.18. The Bertz CT molecular complexity index is 859. The van der Waals surface area contributed by atoms with Gasteiger partial charge in [-0.3, -0.25) is 14.9 Å². The highest BCUT2D eigenvalue weighted by molar-refractivity contribution is 7.80. The molecular weight excluding hydrogens is 394 g/mol. The van der Waals surface area contributed by atoms with Crippen molar-refractivity contribution in [3.8, 4) is 0 Å². The average Bonchev–Trinajstić information content (AvgIpc) is 3.38. The van der Waals surface area contributed by atoms with Gasteiger partial charge in [-0.05, 0) is 60.8 Å². The van der Waals surface area contributed by atoms with Crippen LogP contribution in [-0.4, -0.2) is 36.2 Å². The second kappa shape index (κ2) is 10.1. The monoisotopic (exact) mass is 415 g/mol. The van der Waals surface area contributed by atoms with Gasteiger partial charge in [0.15, 0.2) is 5.11 Å². The molecule has 1 aliphatic heterocycles. The van der Waals surface area contributed by atoms with E-state index in [1.54, 1.807) is 41.7 Å². The van der Waals surface area contributed by atoms with Crippen molar-refractivity contribution in [2.45, 2.75) is 18.9 Å². The third-order valence-corrected chi connectivity index (χ3v) is 5.12. The number of anilines is 1. The van der Waals surface area contributed by atoms with E-state index in [0.29, 0.717) is 17.8 Å². The van der Waals surface area contributed by atoms with E-state index >= 15 is 0 Å². The van der Waals surface area contributed by atoms with Gasteiger partial charge in [-0.1, -0.05) is 12.1 Å². The minimum absolute atomic E-state index is 0.0929. The summed E-state index contributed by atoms with van der Waals surface area (Å²) in [6.07, 6.45) is 5.24. The first-order valence-electron chi connectivity index (χ1n) is 8.93. The number of amides is 2. The summed E-state index contributed by atoms with van der Waals surface area (Å²) in [6, 6.07) is 10.8. The molecule has 8 heteroatoms. The van der Waals surface area contributed by atoms with Crippen LogP contribution in [0.5, 0.6) is 0 Å². The van der Waals surface area contributed by atoms with Crippen LogP contribution in [0.25, 0.3) is 6.08 Å². The van der Waals surface area contributed by atoms with Crippen LogP contribution in [0.2, 0.25) is 0 Å². The van der Waals surface area contributed by atoms with Gasteiger partial charge in [0.25, 0.3) is 5.91 Å². The quantitative estimate of drug-likeness (QED) is 0.499. The third-order valence-electron chi connectivity index (χ3n) is 4.08. The molecule has 1 aromatic carbocycles. The fourth-order valence-electron chi connectivity index (χ4n) is 2.71. The van der Waals surface area contributed by atoms with Crippen LogP contribution < -0.4 is 16.0 Å². The van der Waals surface area contributed by atoms with Crippen molar-refractivity contribution in [1.29, 1.82) is 0 Å². The van der Waals surface area contributed by atoms with E-state index in [-0.39, 0.29) is 23.0 Å². The lowest BCUT2D eigenvalue weighted by molar-refractivity contribution is -0.115. The van der Waals surface area contributed by atoms with Crippen molar-refractivity contribution >= 4 is 52.2 Å². The van der Waals surface area contributed by atoms with Gasteiger partial charge in [-0.15, -0.1) is 11.3 Å². The first-order chi connectivity index (χ1) is 13.6. The molecule has 146 valence electrons. The van der Waals surface area contributed by atoms with Crippen molar-refractivity contribution in [2.75, 3.05) is 18.5 Å². The van der Waals surface area contributed by atoms with E-state index in [1.807, 2.05) is 17.5 Å². The van der Waals surface area contributed by atoms with Crippen LogP contribution in [0.1, 0.15) is 28.1 Å². The molecule has 0 spiro atoms. The molecule has 3 N–H and O–H groups in total. The van der Waals surface area contributed by atoms with Gasteiger partial charge >= 0.3 is 0 Å². The van der Waals surface area contributed by atoms with E-state index in [9.17, 15) is 9.59 Å². The third kappa shape index (κ3) is 6.26. The second-order valence-corrected chi connectivity index (χ2v) is 7.61. The van der Waals surface area contributed by atoms with E-state index < -0.39 is 0 Å². The molecule has 0 saturated carbocycles. The molecule has 2 heterocycles. The number of hydrogen-bond acceptors (Lipinski definition) is 5. The molecule has 0 radical (unpaired) electrons. The molecule has 2 aromatic rings. The standard InChI is InChI=1S/C20H21N3O3S2/c24-18(9-8-17-7-3-11-28-17)23-20(27)22-15-5-1-4-14(12-15)19(25)21-13-16-6-2-10-26-16/h1,3-5,7-9,11-12,16H,2,6,10,13H2,(H,21,25)(H2,22,23,24,27)/b9-8+. The van der Waals surface area contributed by atoms with Crippen molar-refractivity contribution in [3.63, 3.8) is 0 Å². The Labute approximate surface area is 173 Å². The lowest BCUT2D eigenvalue weighted by Gasteiger charge is -2.12. The van der Waals surface area contributed by atoms with Crippen LogP contribution in [0, 0.1) is 0 Å². The number of nitrogens with one attached hydrogen (secondary N) is 3. The molecular formula is C20H21N3O3S2. The molecule has 28 heavy (non-hydrogen) atoms. The largest absolute Gasteiger partial charge is 0.376 e. The predicted molar refractivity (Wildman–Crippen MR) is 115 cm³/mol. The van der Waals surface area contributed by atoms with Gasteiger partial charge in [0.1, 0.15) is 0 Å². The lowest BCUT2D eigenvalue weighted by Crippen LogP contribution is -2.33. The van der Waals surface area contributed by atoms with Gasteiger partial charge < -0.3 is 15.4 Å². The Kier molecular flexibility index (Phi) is 7.30. The van der Waals surface area contributed by atoms with Gasteiger partial charge in [-0.2, -0.15) is 0 Å². The fraction of sp³-hybridized carbons (Fsp3) is 0.250. The molecule has 1 fully saturated rings. The Morgan fingerprint density at radius 2 is 2.18 bits per heavy atom. The average molecular weight is 416 g/mol. The number of thiocarbonyl (C=S) groups is 1. The molecule has 1 aromatic heterocycles. The Morgan fingerprint density at radius 3 is 2.93 bits per heavy atom.